The summed E-state index contributed by atoms with van der Waals surface area (Å²) >= 11 is 8.92. The van der Waals surface area contributed by atoms with Crippen molar-refractivity contribution in [1.82, 2.24) is 19.5 Å². The van der Waals surface area contributed by atoms with E-state index in [-0.39, 0.29) is 0 Å². The number of aromatic nitrogens is 4. The molecule has 1 N–H and O–H groups in total. The van der Waals surface area contributed by atoms with Crippen LogP contribution in [0.25, 0.3) is 16.9 Å². The SMILES string of the molecule is COc1ncnc2c1[nH]c(=S)n2-c1ccc(C)c(Br)c1. The van der Waals surface area contributed by atoms with Gasteiger partial charge in [0, 0.05) is 4.47 Å². The molecule has 0 aliphatic rings. The molecule has 7 heteroatoms. The van der Waals surface area contributed by atoms with Gasteiger partial charge in [-0.2, -0.15) is 4.98 Å². The molecule has 0 aliphatic carbocycles. The van der Waals surface area contributed by atoms with Crippen LogP contribution in [0.4, 0.5) is 0 Å². The van der Waals surface area contributed by atoms with Gasteiger partial charge in [0.05, 0.1) is 12.8 Å². The standard InChI is InChI=1S/C13H11BrN4OS/c1-7-3-4-8(5-9(7)14)18-11-10(17-13(18)20)12(19-2)16-6-15-11/h3-6H,1-2H3,(H,17,20). The van der Waals surface area contributed by atoms with Crippen molar-refractivity contribution in [3.8, 4) is 11.6 Å². The molecule has 1 aromatic carbocycles. The number of benzene rings is 1. The van der Waals surface area contributed by atoms with Crippen molar-refractivity contribution in [3.63, 3.8) is 0 Å². The van der Waals surface area contributed by atoms with Crippen molar-refractivity contribution < 1.29 is 4.74 Å². The van der Waals surface area contributed by atoms with E-state index in [4.69, 9.17) is 17.0 Å². The second-order valence-corrected chi connectivity index (χ2v) is 5.52. The van der Waals surface area contributed by atoms with Gasteiger partial charge in [-0.1, -0.05) is 22.0 Å². The molecule has 0 unspecified atom stereocenters. The third kappa shape index (κ3) is 2.03. The highest BCUT2D eigenvalue weighted by atomic mass is 79.9. The quantitative estimate of drug-likeness (QED) is 0.718. The molecule has 2 heterocycles. The average molecular weight is 351 g/mol. The summed E-state index contributed by atoms with van der Waals surface area (Å²) in [6.45, 7) is 2.04. The predicted molar refractivity (Wildman–Crippen MR) is 83.0 cm³/mol. The minimum absolute atomic E-state index is 0.478. The summed E-state index contributed by atoms with van der Waals surface area (Å²) in [6, 6.07) is 6.03. The highest BCUT2D eigenvalue weighted by molar-refractivity contribution is 9.10. The number of hydrogen-bond donors (Lipinski definition) is 1. The maximum atomic E-state index is 5.39. The van der Waals surface area contributed by atoms with Gasteiger partial charge in [0.15, 0.2) is 10.4 Å². The zero-order valence-electron chi connectivity index (χ0n) is 10.8. The lowest BCUT2D eigenvalue weighted by Crippen LogP contribution is -1.97. The fourth-order valence-electron chi connectivity index (χ4n) is 2.01. The van der Waals surface area contributed by atoms with E-state index in [2.05, 4.69) is 30.9 Å². The number of halogens is 1. The van der Waals surface area contributed by atoms with E-state index in [1.54, 1.807) is 7.11 Å². The molecule has 0 atom stereocenters. The third-order valence-electron chi connectivity index (χ3n) is 3.05. The third-order valence-corrected chi connectivity index (χ3v) is 4.19. The maximum absolute atomic E-state index is 5.39. The largest absolute Gasteiger partial charge is 0.479 e. The smallest absolute Gasteiger partial charge is 0.242 e. The molecular weight excluding hydrogens is 340 g/mol. The molecule has 5 nitrogen and oxygen atoms in total. The number of nitrogens with one attached hydrogen (secondary N) is 1. The second kappa shape index (κ2) is 4.99. The van der Waals surface area contributed by atoms with E-state index < -0.39 is 0 Å². The highest BCUT2D eigenvalue weighted by Gasteiger charge is 2.13. The topological polar surface area (TPSA) is 55.7 Å². The summed E-state index contributed by atoms with van der Waals surface area (Å²) in [5.74, 6) is 0.478. The van der Waals surface area contributed by atoms with Crippen molar-refractivity contribution in [3.05, 3.63) is 39.3 Å². The van der Waals surface area contributed by atoms with Gasteiger partial charge >= 0.3 is 0 Å². The van der Waals surface area contributed by atoms with E-state index in [1.165, 1.54) is 6.33 Å². The van der Waals surface area contributed by atoms with E-state index in [9.17, 15) is 0 Å². The van der Waals surface area contributed by atoms with Gasteiger partial charge in [-0.3, -0.25) is 4.57 Å². The Kier molecular flexibility index (Phi) is 3.31. The Morgan fingerprint density at radius 3 is 2.85 bits per heavy atom. The number of aromatic amines is 1. The van der Waals surface area contributed by atoms with Gasteiger partial charge in [0.1, 0.15) is 11.8 Å². The molecule has 0 spiro atoms. The Morgan fingerprint density at radius 1 is 1.35 bits per heavy atom. The molecule has 0 aliphatic heterocycles. The van der Waals surface area contributed by atoms with Gasteiger partial charge < -0.3 is 9.72 Å². The predicted octanol–water partition coefficient (Wildman–Crippen LogP) is 3.56. The van der Waals surface area contributed by atoms with Gasteiger partial charge in [0.2, 0.25) is 5.88 Å². The number of imidazole rings is 1. The summed E-state index contributed by atoms with van der Waals surface area (Å²) in [5.41, 5.74) is 3.47. The van der Waals surface area contributed by atoms with Crippen LogP contribution < -0.4 is 4.74 Å². The minimum atomic E-state index is 0.478. The van der Waals surface area contributed by atoms with Crippen molar-refractivity contribution >= 4 is 39.3 Å². The van der Waals surface area contributed by atoms with Crippen LogP contribution in [0.1, 0.15) is 5.56 Å². The molecule has 0 saturated carbocycles. The molecule has 2 aromatic heterocycles. The molecular formula is C13H11BrN4OS. The average Bonchev–Trinajstić information content (AvgIpc) is 2.78. The summed E-state index contributed by atoms with van der Waals surface area (Å²) in [5, 5.41) is 0. The zero-order chi connectivity index (χ0) is 14.3. The zero-order valence-corrected chi connectivity index (χ0v) is 13.2. The Balaban J connectivity index is 2.33. The molecule has 20 heavy (non-hydrogen) atoms. The van der Waals surface area contributed by atoms with Gasteiger partial charge in [-0.25, -0.2) is 4.98 Å². The summed E-state index contributed by atoms with van der Waals surface area (Å²) in [4.78, 5) is 11.5. The lowest BCUT2D eigenvalue weighted by atomic mass is 10.2. The van der Waals surface area contributed by atoms with Crippen molar-refractivity contribution in [1.29, 1.82) is 0 Å². The Labute approximate surface area is 128 Å². The van der Waals surface area contributed by atoms with Gasteiger partial charge in [-0.15, -0.1) is 0 Å². The molecule has 0 saturated heterocycles. The first-order valence-electron chi connectivity index (χ1n) is 5.88. The summed E-state index contributed by atoms with van der Waals surface area (Å²) in [6.07, 6.45) is 1.46. The van der Waals surface area contributed by atoms with E-state index in [1.807, 2.05) is 29.7 Å². The molecule has 102 valence electrons. The number of methoxy groups -OCH3 is 1. The lowest BCUT2D eigenvalue weighted by molar-refractivity contribution is 0.401. The number of rotatable bonds is 2. The fourth-order valence-corrected chi connectivity index (χ4v) is 2.67. The first-order valence-corrected chi connectivity index (χ1v) is 7.08. The molecule has 0 radical (unpaired) electrons. The van der Waals surface area contributed by atoms with Crippen LogP contribution in [0, 0.1) is 11.7 Å². The van der Waals surface area contributed by atoms with Gasteiger partial charge in [-0.05, 0) is 36.8 Å². The molecule has 0 amide bonds. The van der Waals surface area contributed by atoms with Crippen LogP contribution in [0.2, 0.25) is 0 Å². The van der Waals surface area contributed by atoms with Crippen LogP contribution in [0.3, 0.4) is 0 Å². The van der Waals surface area contributed by atoms with E-state index in [0.717, 1.165) is 15.7 Å². The van der Waals surface area contributed by atoms with Crippen LogP contribution in [0.15, 0.2) is 29.0 Å². The molecule has 0 fully saturated rings. The normalized spacial score (nSPS) is 10.9. The monoisotopic (exact) mass is 350 g/mol. The second-order valence-electron chi connectivity index (χ2n) is 4.28. The van der Waals surface area contributed by atoms with E-state index in [0.29, 0.717) is 21.8 Å². The van der Waals surface area contributed by atoms with Crippen molar-refractivity contribution in [2.45, 2.75) is 6.92 Å². The minimum Gasteiger partial charge on any atom is -0.479 e. The van der Waals surface area contributed by atoms with Crippen molar-refractivity contribution in [2.24, 2.45) is 0 Å². The van der Waals surface area contributed by atoms with Crippen LogP contribution in [-0.4, -0.2) is 26.6 Å². The number of fused-ring (bicyclic) bond motifs is 1. The lowest BCUT2D eigenvalue weighted by Gasteiger charge is -2.06. The fraction of sp³-hybridized carbons (Fsp3) is 0.154. The Morgan fingerprint density at radius 2 is 2.15 bits per heavy atom. The Bertz CT molecular complexity index is 855. The van der Waals surface area contributed by atoms with Gasteiger partial charge in [0.25, 0.3) is 0 Å². The molecule has 3 aromatic rings. The molecule has 3 rings (SSSR count). The van der Waals surface area contributed by atoms with Crippen LogP contribution in [0.5, 0.6) is 5.88 Å². The summed E-state index contributed by atoms with van der Waals surface area (Å²) < 4.78 is 8.65. The maximum Gasteiger partial charge on any atom is 0.242 e. The van der Waals surface area contributed by atoms with E-state index >= 15 is 0 Å². The summed E-state index contributed by atoms with van der Waals surface area (Å²) in [7, 11) is 1.57. The Hall–Kier alpha value is -1.73. The number of aryl methyl sites for hydroxylation is 1. The number of H-pyrrole nitrogens is 1. The first-order chi connectivity index (χ1) is 9.61. The van der Waals surface area contributed by atoms with Crippen LogP contribution >= 0.6 is 28.1 Å². The van der Waals surface area contributed by atoms with Crippen LogP contribution in [-0.2, 0) is 0 Å². The highest BCUT2D eigenvalue weighted by Crippen LogP contribution is 2.26. The number of nitrogens with zero attached hydrogens (tertiary/aromatic N) is 3. The first kappa shape index (κ1) is 13.3. The molecule has 0 bridgehead atoms. The van der Waals surface area contributed by atoms with Crippen molar-refractivity contribution in [2.75, 3.05) is 7.11 Å². The number of ether oxygens (including phenoxy) is 1. The number of hydrogen-bond acceptors (Lipinski definition) is 4.